The summed E-state index contributed by atoms with van der Waals surface area (Å²) in [5.41, 5.74) is 4.50. The molecule has 0 saturated heterocycles. The summed E-state index contributed by atoms with van der Waals surface area (Å²) >= 11 is 1.77. The Hall–Kier alpha value is 3.95. The summed E-state index contributed by atoms with van der Waals surface area (Å²) in [6.07, 6.45) is 0. The smallest absolute Gasteiger partial charge is 1.00 e. The molecule has 0 heterocycles. The summed E-state index contributed by atoms with van der Waals surface area (Å²) in [6, 6.07) is 0. The van der Waals surface area contributed by atoms with E-state index in [1.807, 2.05) is 0 Å². The first-order valence-electron chi connectivity index (χ1n) is 0.955. The fourth-order valence-corrected chi connectivity index (χ4v) is 0. The average molecular weight is 535 g/mol. The first-order valence-corrected chi connectivity index (χ1v) is 16.7. The molecular formula is CH6ClCsINPb. The Bertz CT molecular complexity index is 19.7. The number of halogens is 2. The summed E-state index contributed by atoms with van der Waals surface area (Å²) in [7, 11) is 6.68. The van der Waals surface area contributed by atoms with Crippen molar-refractivity contribution in [3.63, 3.8) is 0 Å². The van der Waals surface area contributed by atoms with E-state index in [0.29, 0.717) is 0 Å². The molecule has 2 radical (unpaired) electrons. The molecule has 1 nitrogen and oxygen atoms in total. The Kier molecular flexibility index (Phi) is 63.5. The molecule has 0 aromatic heterocycles. The molecule has 5 heteroatoms. The van der Waals surface area contributed by atoms with Crippen molar-refractivity contribution < 1.29 is 70.3 Å². The molecule has 0 bridgehead atoms. The van der Waals surface area contributed by atoms with Gasteiger partial charge in [-0.1, -0.05) is 0 Å². The molecular weight excluding hydrogens is 528 g/mol. The summed E-state index contributed by atoms with van der Waals surface area (Å²) in [6.45, 7) is 0. The SMILES string of the molecule is CN.[Cl][Pb][I].[Cs+].[H-]. The van der Waals surface area contributed by atoms with E-state index >= 15 is 0 Å². The van der Waals surface area contributed by atoms with Crippen molar-refractivity contribution in [2.24, 2.45) is 5.73 Å². The minimum absolute atomic E-state index is 0. The zero-order valence-corrected chi connectivity index (χ0v) is 16.9. The third kappa shape index (κ3) is 24.6. The maximum atomic E-state index is 5.18. The summed E-state index contributed by atoms with van der Waals surface area (Å²) in [5, 5.41) is 0. The Balaban J connectivity index is -0.0000000105. The summed E-state index contributed by atoms with van der Waals surface area (Å²) in [4.78, 5) is 0. The van der Waals surface area contributed by atoms with Crippen LogP contribution in [-0.2, 0) is 0 Å². The van der Waals surface area contributed by atoms with Crippen molar-refractivity contribution in [2.45, 2.75) is 0 Å². The topological polar surface area (TPSA) is 26.0 Å². The second-order valence-corrected chi connectivity index (χ2v) is 12.6. The normalized spacial score (nSPS) is 4.00. The van der Waals surface area contributed by atoms with Gasteiger partial charge in [0.05, 0.1) is 0 Å². The van der Waals surface area contributed by atoms with Gasteiger partial charge in [0.25, 0.3) is 0 Å². The Morgan fingerprint density at radius 3 is 1.83 bits per heavy atom. The van der Waals surface area contributed by atoms with Gasteiger partial charge in [-0.05, 0) is 7.05 Å². The fraction of sp³-hybridized carbons (Fsp3) is 1.00. The molecule has 0 unspecified atom stereocenters. The molecule has 0 rings (SSSR count). The van der Waals surface area contributed by atoms with Crippen molar-refractivity contribution in [3.8, 4) is 0 Å². The fourth-order valence-electron chi connectivity index (χ4n) is 0. The van der Waals surface area contributed by atoms with E-state index in [1.165, 1.54) is 7.05 Å². The van der Waals surface area contributed by atoms with E-state index in [0.717, 1.165) is 0 Å². The van der Waals surface area contributed by atoms with Gasteiger partial charge in [0.2, 0.25) is 0 Å². The van der Waals surface area contributed by atoms with Crippen molar-refractivity contribution in [1.29, 1.82) is 0 Å². The number of hydrogen-bond donors (Lipinski definition) is 1. The largest absolute Gasteiger partial charge is 1.00 e. The molecule has 2 N–H and O–H groups in total. The zero-order chi connectivity index (χ0) is 4.71. The predicted octanol–water partition coefficient (Wildman–Crippen LogP) is -2.11. The van der Waals surface area contributed by atoms with Crippen molar-refractivity contribution in [2.75, 3.05) is 7.05 Å². The molecule has 0 spiro atoms. The van der Waals surface area contributed by atoms with Gasteiger partial charge in [0.15, 0.2) is 0 Å². The second kappa shape index (κ2) is 23.1. The van der Waals surface area contributed by atoms with Gasteiger partial charge in [-0.2, -0.15) is 0 Å². The molecule has 0 atom stereocenters. The summed E-state index contributed by atoms with van der Waals surface area (Å²) < 4.78 is 0. The Morgan fingerprint density at radius 1 is 1.83 bits per heavy atom. The van der Waals surface area contributed by atoms with Crippen molar-refractivity contribution in [1.82, 2.24) is 0 Å². The molecule has 0 aliphatic rings. The molecule has 0 aromatic rings. The van der Waals surface area contributed by atoms with Crippen LogP contribution in [0.25, 0.3) is 0 Å². The minimum Gasteiger partial charge on any atom is -1.00 e. The van der Waals surface area contributed by atoms with Crippen LogP contribution in [0.4, 0.5) is 0 Å². The first kappa shape index (κ1) is 16.5. The molecule has 0 saturated carbocycles. The zero-order valence-electron chi connectivity index (χ0n) is 4.83. The molecule has 0 aromatic carbocycles. The van der Waals surface area contributed by atoms with E-state index in [4.69, 9.17) is 8.32 Å². The molecule has 34 valence electrons. The maximum Gasteiger partial charge on any atom is 1.00 e. The molecule has 6 heavy (non-hydrogen) atoms. The van der Waals surface area contributed by atoms with Gasteiger partial charge in [-0.25, -0.2) is 0 Å². The van der Waals surface area contributed by atoms with E-state index < -0.39 is 18.7 Å². The standard InChI is InChI=1S/CH5N.ClH.Cs.HI.Pb.H/c1-2;;;;;/h2H2,1H3;1H;;1H;;/q;;+1;;+2;-1/p-2. The first-order chi connectivity index (χ1) is 2.41. The predicted molar refractivity (Wildman–Crippen MR) is 36.9 cm³/mol. The third-order valence-electron chi connectivity index (χ3n) is 0. The number of rotatable bonds is 0. The van der Waals surface area contributed by atoms with Gasteiger partial charge in [0.1, 0.15) is 0 Å². The van der Waals surface area contributed by atoms with Crippen LogP contribution in [0.1, 0.15) is 1.43 Å². The number of nitrogens with two attached hydrogens (primary N) is 1. The van der Waals surface area contributed by atoms with Gasteiger partial charge < -0.3 is 7.16 Å². The van der Waals surface area contributed by atoms with Crippen LogP contribution in [-0.4, -0.2) is 25.8 Å². The Labute approximate surface area is 124 Å². The van der Waals surface area contributed by atoms with Gasteiger partial charge in [-0.3, -0.25) is 0 Å². The van der Waals surface area contributed by atoms with Crippen LogP contribution < -0.4 is 74.6 Å². The van der Waals surface area contributed by atoms with E-state index in [-0.39, 0.29) is 70.3 Å². The van der Waals surface area contributed by atoms with Crippen LogP contribution in [0.3, 0.4) is 0 Å². The third-order valence-corrected chi connectivity index (χ3v) is 0. The second-order valence-electron chi connectivity index (χ2n) is 0.0714. The minimum atomic E-state index is -0.474. The van der Waals surface area contributed by atoms with E-state index in [1.54, 1.807) is 0 Å². The van der Waals surface area contributed by atoms with Crippen LogP contribution in [0, 0.1) is 0 Å². The van der Waals surface area contributed by atoms with Crippen LogP contribution in [0.5, 0.6) is 0 Å². The molecule has 0 fully saturated rings. The van der Waals surface area contributed by atoms with E-state index in [9.17, 15) is 0 Å². The summed E-state index contributed by atoms with van der Waals surface area (Å²) in [5.74, 6) is 0. The van der Waals surface area contributed by atoms with Crippen LogP contribution >= 0.6 is 26.1 Å². The molecule has 0 aliphatic carbocycles. The van der Waals surface area contributed by atoms with Crippen molar-refractivity contribution in [3.05, 3.63) is 0 Å². The number of hydrogen-bond acceptors (Lipinski definition) is 1. The van der Waals surface area contributed by atoms with Gasteiger partial charge in [-0.15, -0.1) is 0 Å². The van der Waals surface area contributed by atoms with Gasteiger partial charge >= 0.3 is 114 Å². The van der Waals surface area contributed by atoms with Crippen molar-refractivity contribution >= 4 is 44.8 Å². The molecule has 0 aliphatic heterocycles. The molecule has 0 amide bonds. The maximum absolute atomic E-state index is 5.18. The van der Waals surface area contributed by atoms with Crippen LogP contribution in [0.15, 0.2) is 0 Å². The Morgan fingerprint density at radius 2 is 1.83 bits per heavy atom. The van der Waals surface area contributed by atoms with Gasteiger partial charge in [0, 0.05) is 0 Å². The monoisotopic (exact) mass is 535 g/mol. The average Bonchev–Trinajstić information content (AvgIpc) is 1.46. The van der Waals surface area contributed by atoms with E-state index in [2.05, 4.69) is 23.5 Å². The quantitative estimate of drug-likeness (QED) is 0.280. The van der Waals surface area contributed by atoms with Crippen LogP contribution in [0.2, 0.25) is 0 Å².